The molecule has 0 saturated carbocycles. The summed E-state index contributed by atoms with van der Waals surface area (Å²) in [6.07, 6.45) is 7.76. The van der Waals surface area contributed by atoms with E-state index >= 15 is 0 Å². The summed E-state index contributed by atoms with van der Waals surface area (Å²) in [5, 5.41) is 8.86. The molecule has 1 atom stereocenters. The van der Waals surface area contributed by atoms with Crippen LogP contribution in [0.4, 0.5) is 0 Å². The highest BCUT2D eigenvalue weighted by Gasteiger charge is 2.13. The van der Waals surface area contributed by atoms with Gasteiger partial charge < -0.3 is 5.11 Å². The Labute approximate surface area is 89.9 Å². The van der Waals surface area contributed by atoms with Crippen LogP contribution < -0.4 is 0 Å². The highest BCUT2D eigenvalue weighted by Crippen LogP contribution is 2.27. The molecule has 0 spiro atoms. The van der Waals surface area contributed by atoms with E-state index in [1.165, 1.54) is 38.5 Å². The second-order valence-electron chi connectivity index (χ2n) is 5.40. The predicted molar refractivity (Wildman–Crippen MR) is 63.4 cm³/mol. The smallest absolute Gasteiger partial charge is 0.0456 e. The SMILES string of the molecule is CCC(C)(C)CCCCCC(C)CO. The minimum absolute atomic E-state index is 0.348. The molecule has 0 fully saturated rings. The third-order valence-corrected chi connectivity index (χ3v) is 3.32. The maximum Gasteiger partial charge on any atom is 0.0456 e. The van der Waals surface area contributed by atoms with Crippen LogP contribution in [-0.2, 0) is 0 Å². The van der Waals surface area contributed by atoms with E-state index in [4.69, 9.17) is 5.11 Å². The second-order valence-corrected chi connectivity index (χ2v) is 5.40. The molecular weight excluding hydrogens is 172 g/mol. The van der Waals surface area contributed by atoms with Crippen LogP contribution in [0.1, 0.15) is 66.2 Å². The molecule has 0 aliphatic carbocycles. The molecule has 0 saturated heterocycles. The third kappa shape index (κ3) is 7.37. The summed E-state index contributed by atoms with van der Waals surface area (Å²) in [5.41, 5.74) is 0.530. The van der Waals surface area contributed by atoms with E-state index < -0.39 is 0 Å². The van der Waals surface area contributed by atoms with Crippen molar-refractivity contribution in [1.29, 1.82) is 0 Å². The average molecular weight is 200 g/mol. The van der Waals surface area contributed by atoms with Crippen molar-refractivity contribution in [3.63, 3.8) is 0 Å². The Bertz CT molecular complexity index is 129. The summed E-state index contributed by atoms with van der Waals surface area (Å²) in [6.45, 7) is 9.44. The molecular formula is C13H28O. The van der Waals surface area contributed by atoms with E-state index in [0.29, 0.717) is 17.9 Å². The molecule has 0 amide bonds. The fraction of sp³-hybridized carbons (Fsp3) is 1.00. The Morgan fingerprint density at radius 1 is 1.14 bits per heavy atom. The summed E-state index contributed by atoms with van der Waals surface area (Å²) in [7, 11) is 0. The summed E-state index contributed by atoms with van der Waals surface area (Å²) < 4.78 is 0. The minimum atomic E-state index is 0.348. The molecule has 14 heavy (non-hydrogen) atoms. The molecule has 0 aliphatic heterocycles. The van der Waals surface area contributed by atoms with Crippen molar-refractivity contribution in [3.8, 4) is 0 Å². The van der Waals surface area contributed by atoms with E-state index in [0.717, 1.165) is 0 Å². The lowest BCUT2D eigenvalue weighted by Gasteiger charge is -2.22. The Hall–Kier alpha value is -0.0400. The van der Waals surface area contributed by atoms with Crippen LogP contribution in [0.25, 0.3) is 0 Å². The molecule has 1 nitrogen and oxygen atoms in total. The monoisotopic (exact) mass is 200 g/mol. The lowest BCUT2D eigenvalue weighted by Crippen LogP contribution is -2.09. The topological polar surface area (TPSA) is 20.2 Å². The van der Waals surface area contributed by atoms with Gasteiger partial charge in [0.15, 0.2) is 0 Å². The standard InChI is InChI=1S/C13H28O/c1-5-13(3,4)10-8-6-7-9-12(2)11-14/h12,14H,5-11H2,1-4H3. The fourth-order valence-corrected chi connectivity index (χ4v) is 1.54. The van der Waals surface area contributed by atoms with Crippen LogP contribution in [0, 0.1) is 11.3 Å². The number of hydrogen-bond acceptors (Lipinski definition) is 1. The van der Waals surface area contributed by atoms with Gasteiger partial charge in [0.1, 0.15) is 0 Å². The molecule has 86 valence electrons. The summed E-state index contributed by atoms with van der Waals surface area (Å²) >= 11 is 0. The lowest BCUT2D eigenvalue weighted by molar-refractivity contribution is 0.226. The Morgan fingerprint density at radius 2 is 1.79 bits per heavy atom. The maximum absolute atomic E-state index is 8.86. The molecule has 1 heteroatoms. The maximum atomic E-state index is 8.86. The van der Waals surface area contributed by atoms with Gasteiger partial charge in [-0.1, -0.05) is 53.4 Å². The van der Waals surface area contributed by atoms with E-state index in [-0.39, 0.29) is 0 Å². The van der Waals surface area contributed by atoms with Crippen molar-refractivity contribution in [2.45, 2.75) is 66.2 Å². The van der Waals surface area contributed by atoms with Crippen molar-refractivity contribution < 1.29 is 5.11 Å². The van der Waals surface area contributed by atoms with Crippen molar-refractivity contribution >= 4 is 0 Å². The first kappa shape index (κ1) is 14.0. The largest absolute Gasteiger partial charge is 0.396 e. The summed E-state index contributed by atoms with van der Waals surface area (Å²) in [5.74, 6) is 0.495. The molecule has 0 bridgehead atoms. The molecule has 0 rings (SSSR count). The predicted octanol–water partition coefficient (Wildman–Crippen LogP) is 4.00. The Morgan fingerprint density at radius 3 is 2.29 bits per heavy atom. The van der Waals surface area contributed by atoms with E-state index in [2.05, 4.69) is 27.7 Å². The number of rotatable bonds is 8. The van der Waals surface area contributed by atoms with E-state index in [1.54, 1.807) is 0 Å². The normalized spacial score (nSPS) is 14.4. The molecule has 0 heterocycles. The lowest BCUT2D eigenvalue weighted by atomic mass is 9.84. The van der Waals surface area contributed by atoms with Crippen molar-refractivity contribution in [2.75, 3.05) is 6.61 Å². The van der Waals surface area contributed by atoms with Gasteiger partial charge in [-0.2, -0.15) is 0 Å². The van der Waals surface area contributed by atoms with Crippen LogP contribution >= 0.6 is 0 Å². The van der Waals surface area contributed by atoms with Gasteiger partial charge in [-0.15, -0.1) is 0 Å². The first-order valence-electron chi connectivity index (χ1n) is 6.12. The van der Waals surface area contributed by atoms with Crippen LogP contribution in [0.15, 0.2) is 0 Å². The van der Waals surface area contributed by atoms with Crippen molar-refractivity contribution in [3.05, 3.63) is 0 Å². The molecule has 0 aromatic heterocycles. The molecule has 0 radical (unpaired) electrons. The summed E-state index contributed by atoms with van der Waals surface area (Å²) in [4.78, 5) is 0. The Balaban J connectivity index is 3.30. The zero-order chi connectivity index (χ0) is 11.0. The van der Waals surface area contributed by atoms with Gasteiger partial charge in [0, 0.05) is 6.61 Å². The first-order valence-corrected chi connectivity index (χ1v) is 6.12. The van der Waals surface area contributed by atoms with Crippen molar-refractivity contribution in [1.82, 2.24) is 0 Å². The highest BCUT2D eigenvalue weighted by atomic mass is 16.3. The molecule has 0 aromatic carbocycles. The quantitative estimate of drug-likeness (QED) is 0.587. The van der Waals surface area contributed by atoms with Gasteiger partial charge >= 0.3 is 0 Å². The van der Waals surface area contributed by atoms with Gasteiger partial charge in [-0.05, 0) is 24.2 Å². The minimum Gasteiger partial charge on any atom is -0.396 e. The number of hydrogen-bond donors (Lipinski definition) is 1. The number of unbranched alkanes of at least 4 members (excludes halogenated alkanes) is 2. The van der Waals surface area contributed by atoms with E-state index in [1.807, 2.05) is 0 Å². The first-order chi connectivity index (χ1) is 6.52. The van der Waals surface area contributed by atoms with Gasteiger partial charge in [-0.3, -0.25) is 0 Å². The zero-order valence-corrected chi connectivity index (χ0v) is 10.5. The summed E-state index contributed by atoms with van der Waals surface area (Å²) in [6, 6.07) is 0. The van der Waals surface area contributed by atoms with Crippen LogP contribution in [-0.4, -0.2) is 11.7 Å². The Kier molecular flexibility index (Phi) is 7.26. The van der Waals surface area contributed by atoms with Gasteiger partial charge in [0.25, 0.3) is 0 Å². The van der Waals surface area contributed by atoms with Crippen LogP contribution in [0.3, 0.4) is 0 Å². The van der Waals surface area contributed by atoms with Gasteiger partial charge in [0.2, 0.25) is 0 Å². The average Bonchev–Trinajstić information content (AvgIpc) is 2.17. The van der Waals surface area contributed by atoms with Gasteiger partial charge in [-0.25, -0.2) is 0 Å². The van der Waals surface area contributed by atoms with Crippen LogP contribution in [0.5, 0.6) is 0 Å². The third-order valence-electron chi connectivity index (χ3n) is 3.32. The fourth-order valence-electron chi connectivity index (χ4n) is 1.54. The van der Waals surface area contributed by atoms with Crippen LogP contribution in [0.2, 0.25) is 0 Å². The van der Waals surface area contributed by atoms with Crippen molar-refractivity contribution in [2.24, 2.45) is 11.3 Å². The molecule has 1 N–H and O–H groups in total. The van der Waals surface area contributed by atoms with Gasteiger partial charge in [0.05, 0.1) is 0 Å². The number of aliphatic hydroxyl groups excluding tert-OH is 1. The molecule has 1 unspecified atom stereocenters. The number of aliphatic hydroxyl groups is 1. The highest BCUT2D eigenvalue weighted by molar-refractivity contribution is 4.66. The molecule has 0 aromatic rings. The van der Waals surface area contributed by atoms with E-state index in [9.17, 15) is 0 Å². The zero-order valence-electron chi connectivity index (χ0n) is 10.5. The second kappa shape index (κ2) is 7.28. The molecule has 0 aliphatic rings.